The van der Waals surface area contributed by atoms with E-state index < -0.39 is 10.0 Å². The molecule has 32 heavy (non-hydrogen) atoms. The van der Waals surface area contributed by atoms with Gasteiger partial charge in [-0.05, 0) is 31.4 Å². The predicted molar refractivity (Wildman–Crippen MR) is 116 cm³/mol. The van der Waals surface area contributed by atoms with E-state index >= 15 is 0 Å². The third-order valence-electron chi connectivity index (χ3n) is 6.34. The van der Waals surface area contributed by atoms with Crippen LogP contribution in [-0.4, -0.2) is 72.2 Å². The van der Waals surface area contributed by atoms with Crippen LogP contribution >= 0.6 is 0 Å². The highest BCUT2D eigenvalue weighted by Crippen LogP contribution is 2.33. The SMILES string of the molecule is CC(=O)N1CCc2ccccc2C1CC(=O)N1CCN(S(=O)(=O)c2c(C)noc2C)CC1. The molecular formula is C22H28N4O5S. The van der Waals surface area contributed by atoms with Gasteiger partial charge in [0.05, 0.1) is 12.5 Å². The summed E-state index contributed by atoms with van der Waals surface area (Å²) >= 11 is 0. The van der Waals surface area contributed by atoms with Gasteiger partial charge in [-0.3, -0.25) is 9.59 Å². The summed E-state index contributed by atoms with van der Waals surface area (Å²) in [6, 6.07) is 7.63. The number of nitrogens with zero attached hydrogens (tertiary/aromatic N) is 4. The number of aromatic nitrogens is 1. The number of rotatable bonds is 4. The van der Waals surface area contributed by atoms with E-state index in [4.69, 9.17) is 4.52 Å². The molecule has 0 aliphatic carbocycles. The van der Waals surface area contributed by atoms with Crippen LogP contribution in [0.25, 0.3) is 0 Å². The summed E-state index contributed by atoms with van der Waals surface area (Å²) in [6.45, 7) is 6.32. The third kappa shape index (κ3) is 4.04. The lowest BCUT2D eigenvalue weighted by Gasteiger charge is -2.39. The number of amides is 2. The van der Waals surface area contributed by atoms with Gasteiger partial charge in [-0.25, -0.2) is 8.42 Å². The molecule has 1 unspecified atom stereocenters. The molecule has 2 aliphatic heterocycles. The van der Waals surface area contributed by atoms with Gasteiger partial charge in [0.15, 0.2) is 5.76 Å². The molecule has 0 radical (unpaired) electrons. The van der Waals surface area contributed by atoms with Gasteiger partial charge in [0.25, 0.3) is 0 Å². The van der Waals surface area contributed by atoms with Crippen molar-refractivity contribution in [1.29, 1.82) is 0 Å². The molecule has 0 spiro atoms. The summed E-state index contributed by atoms with van der Waals surface area (Å²) in [7, 11) is -3.73. The van der Waals surface area contributed by atoms with Gasteiger partial charge in [-0.2, -0.15) is 4.31 Å². The largest absolute Gasteiger partial charge is 0.360 e. The molecule has 10 heteroatoms. The number of sulfonamides is 1. The summed E-state index contributed by atoms with van der Waals surface area (Å²) < 4.78 is 32.4. The lowest BCUT2D eigenvalue weighted by atomic mass is 9.90. The Bertz CT molecular complexity index is 1120. The van der Waals surface area contributed by atoms with Gasteiger partial charge in [-0.15, -0.1) is 0 Å². The normalized spacial score (nSPS) is 19.7. The Labute approximate surface area is 188 Å². The zero-order chi connectivity index (χ0) is 23.0. The monoisotopic (exact) mass is 460 g/mol. The van der Waals surface area contributed by atoms with Crippen molar-refractivity contribution >= 4 is 21.8 Å². The average Bonchev–Trinajstić information content (AvgIpc) is 3.12. The Hall–Kier alpha value is -2.72. The van der Waals surface area contributed by atoms with E-state index in [9.17, 15) is 18.0 Å². The molecule has 1 atom stereocenters. The lowest BCUT2D eigenvalue weighted by Crippen LogP contribution is -2.51. The van der Waals surface area contributed by atoms with E-state index in [0.717, 1.165) is 17.5 Å². The predicted octanol–water partition coefficient (Wildman–Crippen LogP) is 1.66. The van der Waals surface area contributed by atoms with E-state index in [1.165, 1.54) is 11.2 Å². The summed E-state index contributed by atoms with van der Waals surface area (Å²) in [5.74, 6) is 0.140. The second-order valence-electron chi connectivity index (χ2n) is 8.32. The molecule has 1 aromatic carbocycles. The molecule has 3 heterocycles. The van der Waals surface area contributed by atoms with E-state index in [0.29, 0.717) is 25.3 Å². The van der Waals surface area contributed by atoms with E-state index in [1.807, 2.05) is 24.3 Å². The molecule has 1 fully saturated rings. The second kappa shape index (κ2) is 8.67. The number of aryl methyl sites for hydroxylation is 2. The van der Waals surface area contributed by atoms with Gasteiger partial charge in [0.2, 0.25) is 21.8 Å². The topological polar surface area (TPSA) is 104 Å². The number of piperazine rings is 1. The van der Waals surface area contributed by atoms with Crippen LogP contribution in [-0.2, 0) is 26.0 Å². The fourth-order valence-electron chi connectivity index (χ4n) is 4.69. The minimum atomic E-state index is -3.73. The van der Waals surface area contributed by atoms with Gasteiger partial charge < -0.3 is 14.3 Å². The highest BCUT2D eigenvalue weighted by molar-refractivity contribution is 7.89. The number of fused-ring (bicyclic) bond motifs is 1. The van der Waals surface area contributed by atoms with Crippen LogP contribution in [0, 0.1) is 13.8 Å². The van der Waals surface area contributed by atoms with Crippen molar-refractivity contribution in [2.24, 2.45) is 0 Å². The third-order valence-corrected chi connectivity index (χ3v) is 8.49. The molecule has 4 rings (SSSR count). The van der Waals surface area contributed by atoms with Crippen molar-refractivity contribution in [2.75, 3.05) is 32.7 Å². The van der Waals surface area contributed by atoms with Crippen LogP contribution in [0.4, 0.5) is 0 Å². The van der Waals surface area contributed by atoms with Crippen molar-refractivity contribution in [1.82, 2.24) is 19.3 Å². The van der Waals surface area contributed by atoms with Crippen LogP contribution in [0.5, 0.6) is 0 Å². The Morgan fingerprint density at radius 3 is 2.41 bits per heavy atom. The molecule has 0 saturated carbocycles. The van der Waals surface area contributed by atoms with Crippen LogP contribution < -0.4 is 0 Å². The summed E-state index contributed by atoms with van der Waals surface area (Å²) in [4.78, 5) is 28.9. The molecule has 9 nitrogen and oxygen atoms in total. The molecular weight excluding hydrogens is 432 g/mol. The number of hydrogen-bond donors (Lipinski definition) is 0. The van der Waals surface area contributed by atoms with E-state index in [1.54, 1.807) is 23.6 Å². The fourth-order valence-corrected chi connectivity index (χ4v) is 6.41. The summed E-state index contributed by atoms with van der Waals surface area (Å²) in [5, 5.41) is 3.75. The van der Waals surface area contributed by atoms with Crippen LogP contribution in [0.2, 0.25) is 0 Å². The molecule has 1 saturated heterocycles. The number of carbonyl (C=O) groups is 2. The minimum Gasteiger partial charge on any atom is -0.360 e. The quantitative estimate of drug-likeness (QED) is 0.687. The second-order valence-corrected chi connectivity index (χ2v) is 10.2. The Morgan fingerprint density at radius 1 is 1.09 bits per heavy atom. The van der Waals surface area contributed by atoms with Gasteiger partial charge in [-0.1, -0.05) is 29.4 Å². The Morgan fingerprint density at radius 2 is 1.78 bits per heavy atom. The first-order chi connectivity index (χ1) is 15.2. The maximum Gasteiger partial charge on any atom is 0.248 e. The summed E-state index contributed by atoms with van der Waals surface area (Å²) in [5.41, 5.74) is 2.52. The van der Waals surface area contributed by atoms with Crippen LogP contribution in [0.3, 0.4) is 0 Å². The van der Waals surface area contributed by atoms with Crippen LogP contribution in [0.1, 0.15) is 42.0 Å². The highest BCUT2D eigenvalue weighted by Gasteiger charge is 2.36. The first-order valence-electron chi connectivity index (χ1n) is 10.8. The zero-order valence-corrected chi connectivity index (χ0v) is 19.4. The molecule has 2 amide bonds. The minimum absolute atomic E-state index is 0.0484. The first-order valence-corrected chi connectivity index (χ1v) is 12.2. The average molecular weight is 461 g/mol. The smallest absolute Gasteiger partial charge is 0.248 e. The molecule has 0 bridgehead atoms. The zero-order valence-electron chi connectivity index (χ0n) is 18.6. The fraction of sp³-hybridized carbons (Fsp3) is 0.500. The molecule has 0 N–H and O–H groups in total. The first kappa shape index (κ1) is 22.5. The van der Waals surface area contributed by atoms with Crippen molar-refractivity contribution in [3.63, 3.8) is 0 Å². The van der Waals surface area contributed by atoms with Crippen molar-refractivity contribution in [2.45, 2.75) is 44.6 Å². The van der Waals surface area contributed by atoms with Crippen molar-refractivity contribution in [3.05, 3.63) is 46.8 Å². The van der Waals surface area contributed by atoms with Gasteiger partial charge in [0.1, 0.15) is 10.6 Å². The molecule has 172 valence electrons. The Balaban J connectivity index is 1.45. The molecule has 2 aliphatic rings. The van der Waals surface area contributed by atoms with E-state index in [2.05, 4.69) is 5.16 Å². The number of carbonyl (C=O) groups excluding carboxylic acids is 2. The molecule has 2 aromatic rings. The standard InChI is InChI=1S/C22H28N4O5S/c1-15-22(16(2)31-23-15)32(29,30)25-12-10-24(11-13-25)21(28)14-20-19-7-5-4-6-18(19)8-9-26(20)17(3)27/h4-7,20H,8-14H2,1-3H3. The summed E-state index contributed by atoms with van der Waals surface area (Å²) in [6.07, 6.45) is 0.964. The van der Waals surface area contributed by atoms with E-state index in [-0.39, 0.29) is 48.0 Å². The Kier molecular flexibility index (Phi) is 6.09. The maximum absolute atomic E-state index is 13.1. The van der Waals surface area contributed by atoms with Crippen molar-refractivity contribution < 1.29 is 22.5 Å². The van der Waals surface area contributed by atoms with Crippen LogP contribution in [0.15, 0.2) is 33.7 Å². The molecule has 1 aromatic heterocycles. The highest BCUT2D eigenvalue weighted by atomic mass is 32.2. The van der Waals surface area contributed by atoms with Crippen molar-refractivity contribution in [3.8, 4) is 0 Å². The maximum atomic E-state index is 13.1. The lowest BCUT2D eigenvalue weighted by molar-refractivity contribution is -0.137. The van der Waals surface area contributed by atoms with Gasteiger partial charge >= 0.3 is 0 Å². The van der Waals surface area contributed by atoms with Gasteiger partial charge in [0, 0.05) is 39.6 Å². The number of hydrogen-bond acceptors (Lipinski definition) is 6. The number of benzene rings is 1.